The third-order valence-electron chi connectivity index (χ3n) is 3.69. The van der Waals surface area contributed by atoms with E-state index in [9.17, 15) is 8.42 Å². The zero-order valence-corrected chi connectivity index (χ0v) is 13.9. The largest absolute Gasteiger partial charge is 0.382 e. The third-order valence-corrected chi connectivity index (χ3v) is 5.30. The average molecular weight is 313 g/mol. The molecule has 5 nitrogen and oxygen atoms in total. The van der Waals surface area contributed by atoms with Gasteiger partial charge in [-0.15, -0.1) is 0 Å². The molecule has 21 heavy (non-hydrogen) atoms. The van der Waals surface area contributed by atoms with Crippen LogP contribution in [0, 0.1) is 5.92 Å². The van der Waals surface area contributed by atoms with Crippen molar-refractivity contribution in [3.05, 3.63) is 24.3 Å². The molecule has 0 aromatic heterocycles. The van der Waals surface area contributed by atoms with E-state index in [0.29, 0.717) is 24.7 Å². The summed E-state index contributed by atoms with van der Waals surface area (Å²) in [6.07, 6.45) is 2.05. The maximum absolute atomic E-state index is 12.2. The van der Waals surface area contributed by atoms with Crippen molar-refractivity contribution in [1.82, 2.24) is 4.72 Å². The van der Waals surface area contributed by atoms with Gasteiger partial charge < -0.3 is 11.1 Å². The van der Waals surface area contributed by atoms with Crippen LogP contribution in [0.2, 0.25) is 0 Å². The van der Waals surface area contributed by atoms with Gasteiger partial charge in [0.05, 0.1) is 5.69 Å². The van der Waals surface area contributed by atoms with Crippen LogP contribution < -0.4 is 15.8 Å². The average Bonchev–Trinajstić information content (AvgIpc) is 2.46. The van der Waals surface area contributed by atoms with E-state index in [1.807, 2.05) is 6.07 Å². The standard InChI is InChI=1S/C15H27N3O2S/c1-4-12(5-2)13(16)11-17-14-9-7-8-10-15(14)21(19,20)18-6-3/h7-10,12-13,17-18H,4-6,11,16H2,1-3H3. The lowest BCUT2D eigenvalue weighted by Gasteiger charge is -2.22. The number of rotatable bonds is 9. The van der Waals surface area contributed by atoms with E-state index >= 15 is 0 Å². The molecule has 0 saturated heterocycles. The molecule has 1 rings (SSSR count). The first kappa shape index (κ1) is 17.9. The quantitative estimate of drug-likeness (QED) is 0.652. The van der Waals surface area contributed by atoms with Crippen LogP contribution >= 0.6 is 0 Å². The molecule has 0 fully saturated rings. The molecule has 0 heterocycles. The Morgan fingerprint density at radius 3 is 2.33 bits per heavy atom. The summed E-state index contributed by atoms with van der Waals surface area (Å²) >= 11 is 0. The van der Waals surface area contributed by atoms with Gasteiger partial charge in [-0.2, -0.15) is 0 Å². The van der Waals surface area contributed by atoms with Crippen LogP contribution in [0.15, 0.2) is 29.2 Å². The number of hydrogen-bond donors (Lipinski definition) is 3. The van der Waals surface area contributed by atoms with E-state index in [1.54, 1.807) is 25.1 Å². The maximum Gasteiger partial charge on any atom is 0.242 e. The van der Waals surface area contributed by atoms with Crippen molar-refractivity contribution < 1.29 is 8.42 Å². The Hall–Kier alpha value is -1.11. The van der Waals surface area contributed by atoms with Gasteiger partial charge in [0.2, 0.25) is 10.0 Å². The van der Waals surface area contributed by atoms with Crippen molar-refractivity contribution in [2.24, 2.45) is 11.7 Å². The zero-order valence-electron chi connectivity index (χ0n) is 13.1. The molecule has 0 aliphatic carbocycles. The fourth-order valence-electron chi connectivity index (χ4n) is 2.40. The van der Waals surface area contributed by atoms with Gasteiger partial charge in [0.25, 0.3) is 0 Å². The maximum atomic E-state index is 12.2. The second kappa shape index (κ2) is 8.36. The molecule has 1 atom stereocenters. The van der Waals surface area contributed by atoms with Crippen LogP contribution in [-0.4, -0.2) is 27.5 Å². The van der Waals surface area contributed by atoms with Gasteiger partial charge >= 0.3 is 0 Å². The van der Waals surface area contributed by atoms with Gasteiger partial charge in [0.15, 0.2) is 0 Å². The van der Waals surface area contributed by atoms with Crippen molar-refractivity contribution in [2.75, 3.05) is 18.4 Å². The Balaban J connectivity index is 2.86. The predicted molar refractivity (Wildman–Crippen MR) is 87.8 cm³/mol. The molecule has 4 N–H and O–H groups in total. The molecule has 0 amide bonds. The third kappa shape index (κ3) is 4.98. The van der Waals surface area contributed by atoms with Crippen molar-refractivity contribution in [3.63, 3.8) is 0 Å². The van der Waals surface area contributed by atoms with Crippen molar-refractivity contribution in [3.8, 4) is 0 Å². The summed E-state index contributed by atoms with van der Waals surface area (Å²) in [5.74, 6) is 0.440. The molecule has 0 saturated carbocycles. The van der Waals surface area contributed by atoms with Crippen LogP contribution in [-0.2, 0) is 10.0 Å². The van der Waals surface area contributed by atoms with Crippen LogP contribution in [0.25, 0.3) is 0 Å². The molecule has 0 spiro atoms. The molecular formula is C15H27N3O2S. The first-order valence-electron chi connectivity index (χ1n) is 7.54. The highest BCUT2D eigenvalue weighted by molar-refractivity contribution is 7.89. The number of nitrogens with one attached hydrogen (secondary N) is 2. The van der Waals surface area contributed by atoms with E-state index in [1.165, 1.54) is 0 Å². The van der Waals surface area contributed by atoms with Crippen LogP contribution in [0.4, 0.5) is 5.69 Å². The summed E-state index contributed by atoms with van der Waals surface area (Å²) in [6, 6.07) is 6.91. The highest BCUT2D eigenvalue weighted by Gasteiger charge is 2.18. The van der Waals surface area contributed by atoms with Gasteiger partial charge in [-0.25, -0.2) is 13.1 Å². The molecule has 0 aliphatic heterocycles. The summed E-state index contributed by atoms with van der Waals surface area (Å²) in [4.78, 5) is 0.267. The molecule has 0 aliphatic rings. The second-order valence-corrected chi connectivity index (χ2v) is 6.85. The minimum absolute atomic E-state index is 0.00916. The van der Waals surface area contributed by atoms with Crippen molar-refractivity contribution in [2.45, 2.75) is 44.6 Å². The molecule has 120 valence electrons. The Labute approximate surface area is 128 Å². The number of hydrogen-bond acceptors (Lipinski definition) is 4. The fraction of sp³-hybridized carbons (Fsp3) is 0.600. The number of anilines is 1. The topological polar surface area (TPSA) is 84.2 Å². The number of para-hydroxylation sites is 1. The van der Waals surface area contributed by atoms with E-state index in [0.717, 1.165) is 12.8 Å². The van der Waals surface area contributed by atoms with E-state index in [4.69, 9.17) is 5.73 Å². The van der Waals surface area contributed by atoms with Gasteiger partial charge in [-0.05, 0) is 18.1 Å². The van der Waals surface area contributed by atoms with Gasteiger partial charge in [0.1, 0.15) is 4.90 Å². The monoisotopic (exact) mass is 313 g/mol. The summed E-state index contributed by atoms with van der Waals surface area (Å²) in [7, 11) is -3.47. The van der Waals surface area contributed by atoms with Gasteiger partial charge in [-0.1, -0.05) is 45.7 Å². The molecule has 1 unspecified atom stereocenters. The summed E-state index contributed by atoms with van der Waals surface area (Å²) in [6.45, 7) is 6.93. The Morgan fingerprint density at radius 1 is 1.14 bits per heavy atom. The van der Waals surface area contributed by atoms with E-state index in [-0.39, 0.29) is 10.9 Å². The lowest BCUT2D eigenvalue weighted by atomic mass is 9.95. The Bertz CT molecular complexity index is 527. The highest BCUT2D eigenvalue weighted by atomic mass is 32.2. The molecular weight excluding hydrogens is 286 g/mol. The first-order valence-corrected chi connectivity index (χ1v) is 9.02. The Morgan fingerprint density at radius 2 is 1.76 bits per heavy atom. The summed E-state index contributed by atoms with van der Waals surface area (Å²) < 4.78 is 26.8. The Kier molecular flexibility index (Phi) is 7.14. The number of benzene rings is 1. The van der Waals surface area contributed by atoms with Gasteiger partial charge in [-0.3, -0.25) is 0 Å². The molecule has 0 radical (unpaired) electrons. The number of sulfonamides is 1. The minimum atomic E-state index is -3.47. The van der Waals surface area contributed by atoms with Crippen LogP contribution in [0.3, 0.4) is 0 Å². The molecule has 0 bridgehead atoms. The summed E-state index contributed by atoms with van der Waals surface area (Å²) in [5.41, 5.74) is 6.77. The van der Waals surface area contributed by atoms with Crippen molar-refractivity contribution in [1.29, 1.82) is 0 Å². The zero-order chi connectivity index (χ0) is 15.9. The molecule has 6 heteroatoms. The highest BCUT2D eigenvalue weighted by Crippen LogP contribution is 2.21. The second-order valence-electron chi connectivity index (χ2n) is 5.12. The summed E-state index contributed by atoms with van der Waals surface area (Å²) in [5, 5.41) is 3.18. The predicted octanol–water partition coefficient (Wildman–Crippen LogP) is 2.16. The van der Waals surface area contributed by atoms with E-state index in [2.05, 4.69) is 23.9 Å². The normalized spacial score (nSPS) is 13.4. The lowest BCUT2D eigenvalue weighted by molar-refractivity contribution is 0.407. The first-order chi connectivity index (χ1) is 9.96. The van der Waals surface area contributed by atoms with Crippen LogP contribution in [0.1, 0.15) is 33.6 Å². The van der Waals surface area contributed by atoms with E-state index < -0.39 is 10.0 Å². The molecule has 1 aromatic rings. The smallest absolute Gasteiger partial charge is 0.242 e. The number of nitrogens with two attached hydrogens (primary N) is 1. The SMILES string of the molecule is CCNS(=O)(=O)c1ccccc1NCC(N)C(CC)CC. The van der Waals surface area contributed by atoms with Crippen LogP contribution in [0.5, 0.6) is 0 Å². The van der Waals surface area contributed by atoms with Gasteiger partial charge in [0, 0.05) is 19.1 Å². The van der Waals surface area contributed by atoms with Crippen molar-refractivity contribution >= 4 is 15.7 Å². The molecule has 1 aromatic carbocycles. The fourth-order valence-corrected chi connectivity index (χ4v) is 3.63. The minimum Gasteiger partial charge on any atom is -0.382 e. The lowest BCUT2D eigenvalue weighted by Crippen LogP contribution is -2.36.